The molecular weight excluding hydrogens is 287 g/mol. The Kier molecular flexibility index (Phi) is 6.76. The van der Waals surface area contributed by atoms with Crippen LogP contribution in [0.15, 0.2) is 18.2 Å². The number of nitrogens with one attached hydrogen (secondary N) is 2. The molecule has 0 fully saturated rings. The minimum Gasteiger partial charge on any atom is -0.362 e. The SMILES string of the molecule is CC(C)CNC(=S)NCCc1ccc(Cl)cc1Cl. The fourth-order valence-corrected chi connectivity index (χ4v) is 2.08. The maximum absolute atomic E-state index is 6.09. The minimum atomic E-state index is 0.579. The molecular formula is C13H18Cl2N2S. The van der Waals surface area contributed by atoms with Crippen molar-refractivity contribution >= 4 is 40.5 Å². The molecule has 0 amide bonds. The van der Waals surface area contributed by atoms with Gasteiger partial charge >= 0.3 is 0 Å². The molecule has 0 saturated heterocycles. The van der Waals surface area contributed by atoms with E-state index in [1.807, 2.05) is 12.1 Å². The Hall–Kier alpha value is -0.510. The fraction of sp³-hybridized carbons (Fsp3) is 0.462. The minimum absolute atomic E-state index is 0.579. The van der Waals surface area contributed by atoms with Gasteiger partial charge < -0.3 is 10.6 Å². The average Bonchev–Trinajstić information content (AvgIpc) is 2.29. The quantitative estimate of drug-likeness (QED) is 0.812. The highest BCUT2D eigenvalue weighted by Gasteiger charge is 2.02. The molecule has 1 aromatic rings. The molecule has 5 heteroatoms. The van der Waals surface area contributed by atoms with Crippen LogP contribution in [0.2, 0.25) is 10.0 Å². The topological polar surface area (TPSA) is 24.1 Å². The van der Waals surface area contributed by atoms with E-state index in [1.165, 1.54) is 0 Å². The summed E-state index contributed by atoms with van der Waals surface area (Å²) >= 11 is 17.1. The summed E-state index contributed by atoms with van der Waals surface area (Å²) in [6.45, 7) is 5.92. The largest absolute Gasteiger partial charge is 0.362 e. The van der Waals surface area contributed by atoms with E-state index in [-0.39, 0.29) is 0 Å². The number of halogens is 2. The van der Waals surface area contributed by atoms with Gasteiger partial charge in [0.05, 0.1) is 0 Å². The van der Waals surface area contributed by atoms with Crippen molar-refractivity contribution in [3.05, 3.63) is 33.8 Å². The second-order valence-electron chi connectivity index (χ2n) is 4.52. The first-order chi connectivity index (χ1) is 8.49. The van der Waals surface area contributed by atoms with Gasteiger partial charge in [-0.3, -0.25) is 0 Å². The van der Waals surface area contributed by atoms with Gasteiger partial charge in [-0.25, -0.2) is 0 Å². The van der Waals surface area contributed by atoms with Gasteiger partial charge in [0.15, 0.2) is 5.11 Å². The van der Waals surface area contributed by atoms with Crippen LogP contribution in [0.4, 0.5) is 0 Å². The van der Waals surface area contributed by atoms with Crippen LogP contribution in [0.5, 0.6) is 0 Å². The fourth-order valence-electron chi connectivity index (χ4n) is 1.39. The van der Waals surface area contributed by atoms with Crippen molar-refractivity contribution in [3.63, 3.8) is 0 Å². The second kappa shape index (κ2) is 7.82. The molecule has 18 heavy (non-hydrogen) atoms. The standard InChI is InChI=1S/C13H18Cl2N2S/c1-9(2)8-17-13(18)16-6-5-10-3-4-11(14)7-12(10)15/h3-4,7,9H,5-6,8H2,1-2H3,(H2,16,17,18). The van der Waals surface area contributed by atoms with Gasteiger partial charge in [-0.2, -0.15) is 0 Å². The smallest absolute Gasteiger partial charge is 0.166 e. The number of hydrogen-bond acceptors (Lipinski definition) is 1. The van der Waals surface area contributed by atoms with E-state index in [4.69, 9.17) is 35.4 Å². The molecule has 0 unspecified atom stereocenters. The van der Waals surface area contributed by atoms with Crippen LogP contribution in [0.1, 0.15) is 19.4 Å². The van der Waals surface area contributed by atoms with Crippen LogP contribution in [0, 0.1) is 5.92 Å². The Morgan fingerprint density at radius 1 is 1.28 bits per heavy atom. The third-order valence-electron chi connectivity index (χ3n) is 2.37. The highest BCUT2D eigenvalue weighted by molar-refractivity contribution is 7.80. The average molecular weight is 305 g/mol. The molecule has 1 aromatic carbocycles. The first-order valence-corrected chi connectivity index (χ1v) is 7.11. The molecule has 100 valence electrons. The Labute approximate surface area is 124 Å². The Morgan fingerprint density at radius 3 is 2.61 bits per heavy atom. The number of rotatable bonds is 5. The predicted molar refractivity (Wildman–Crippen MR) is 83.6 cm³/mol. The molecule has 0 saturated carbocycles. The molecule has 0 radical (unpaired) electrons. The highest BCUT2D eigenvalue weighted by atomic mass is 35.5. The number of hydrogen-bond donors (Lipinski definition) is 2. The van der Waals surface area contributed by atoms with Gasteiger partial charge in [-0.15, -0.1) is 0 Å². The zero-order valence-electron chi connectivity index (χ0n) is 10.6. The maximum Gasteiger partial charge on any atom is 0.166 e. The van der Waals surface area contributed by atoms with E-state index in [0.717, 1.165) is 25.1 Å². The van der Waals surface area contributed by atoms with Gasteiger partial charge in [0, 0.05) is 23.1 Å². The van der Waals surface area contributed by atoms with Crippen molar-refractivity contribution in [2.45, 2.75) is 20.3 Å². The molecule has 0 aliphatic heterocycles. The van der Waals surface area contributed by atoms with E-state index >= 15 is 0 Å². The molecule has 0 bridgehead atoms. The molecule has 0 heterocycles. The van der Waals surface area contributed by atoms with E-state index in [1.54, 1.807) is 6.07 Å². The lowest BCUT2D eigenvalue weighted by Gasteiger charge is -2.12. The molecule has 0 aromatic heterocycles. The molecule has 2 nitrogen and oxygen atoms in total. The number of benzene rings is 1. The summed E-state index contributed by atoms with van der Waals surface area (Å²) in [6.07, 6.45) is 0.819. The van der Waals surface area contributed by atoms with Gasteiger partial charge in [0.25, 0.3) is 0 Å². The lowest BCUT2D eigenvalue weighted by atomic mass is 10.1. The van der Waals surface area contributed by atoms with Crippen LogP contribution >= 0.6 is 35.4 Å². The van der Waals surface area contributed by atoms with Crippen molar-refractivity contribution < 1.29 is 0 Å². The monoisotopic (exact) mass is 304 g/mol. The van der Waals surface area contributed by atoms with Crippen LogP contribution in [-0.4, -0.2) is 18.2 Å². The summed E-state index contributed by atoms with van der Waals surface area (Å²) in [5.41, 5.74) is 1.07. The molecule has 0 atom stereocenters. The zero-order valence-corrected chi connectivity index (χ0v) is 12.9. The first-order valence-electron chi connectivity index (χ1n) is 5.94. The lowest BCUT2D eigenvalue weighted by Crippen LogP contribution is -2.38. The van der Waals surface area contributed by atoms with Crippen molar-refractivity contribution in [3.8, 4) is 0 Å². The summed E-state index contributed by atoms with van der Waals surface area (Å²) in [5.74, 6) is 0.579. The predicted octanol–water partition coefficient (Wildman–Crippen LogP) is 3.66. The van der Waals surface area contributed by atoms with Crippen LogP contribution in [0.25, 0.3) is 0 Å². The van der Waals surface area contributed by atoms with Gasteiger partial charge in [-0.05, 0) is 42.3 Å². The van der Waals surface area contributed by atoms with E-state index in [0.29, 0.717) is 21.1 Å². The first kappa shape index (κ1) is 15.5. The molecule has 0 spiro atoms. The molecule has 2 N–H and O–H groups in total. The normalized spacial score (nSPS) is 10.5. The van der Waals surface area contributed by atoms with Crippen molar-refractivity contribution in [2.24, 2.45) is 5.92 Å². The molecule has 1 rings (SSSR count). The van der Waals surface area contributed by atoms with Crippen molar-refractivity contribution in [2.75, 3.05) is 13.1 Å². The van der Waals surface area contributed by atoms with E-state index in [9.17, 15) is 0 Å². The summed E-state index contributed by atoms with van der Waals surface area (Å²) in [5, 5.41) is 8.36. The molecule has 0 aliphatic carbocycles. The van der Waals surface area contributed by atoms with Gasteiger partial charge in [0.1, 0.15) is 0 Å². The van der Waals surface area contributed by atoms with Crippen molar-refractivity contribution in [1.82, 2.24) is 10.6 Å². The summed E-state index contributed by atoms with van der Waals surface area (Å²) < 4.78 is 0. The third-order valence-corrected chi connectivity index (χ3v) is 3.24. The Balaban J connectivity index is 2.31. The van der Waals surface area contributed by atoms with Crippen LogP contribution < -0.4 is 10.6 Å². The third kappa shape index (κ3) is 5.89. The summed E-state index contributed by atoms with van der Waals surface area (Å²) in [7, 11) is 0. The second-order valence-corrected chi connectivity index (χ2v) is 5.77. The van der Waals surface area contributed by atoms with E-state index < -0.39 is 0 Å². The van der Waals surface area contributed by atoms with Gasteiger partial charge in [0.2, 0.25) is 0 Å². The highest BCUT2D eigenvalue weighted by Crippen LogP contribution is 2.20. The number of thiocarbonyl (C=S) groups is 1. The van der Waals surface area contributed by atoms with Crippen LogP contribution in [0.3, 0.4) is 0 Å². The summed E-state index contributed by atoms with van der Waals surface area (Å²) in [6, 6.07) is 5.54. The van der Waals surface area contributed by atoms with E-state index in [2.05, 4.69) is 24.5 Å². The van der Waals surface area contributed by atoms with Crippen LogP contribution in [-0.2, 0) is 6.42 Å². The lowest BCUT2D eigenvalue weighted by molar-refractivity contribution is 0.619. The molecule has 0 aliphatic rings. The maximum atomic E-state index is 6.09. The summed E-state index contributed by atoms with van der Waals surface area (Å²) in [4.78, 5) is 0. The Morgan fingerprint density at radius 2 is 2.00 bits per heavy atom. The van der Waals surface area contributed by atoms with Gasteiger partial charge in [-0.1, -0.05) is 43.1 Å². The van der Waals surface area contributed by atoms with Crippen molar-refractivity contribution in [1.29, 1.82) is 0 Å². The Bertz CT molecular complexity index is 408. The zero-order chi connectivity index (χ0) is 13.5.